The predicted octanol–water partition coefficient (Wildman–Crippen LogP) is 5.23. The maximum atomic E-state index is 13.6. The molecule has 0 unspecified atom stereocenters. The molecule has 0 spiro atoms. The van der Waals surface area contributed by atoms with E-state index in [1.165, 1.54) is 23.2 Å². The molecular weight excluding hydrogens is 575 g/mol. The molecule has 224 valence electrons. The highest BCUT2D eigenvalue weighted by atomic mass is 19.4. The van der Waals surface area contributed by atoms with Crippen molar-refractivity contribution in [3.8, 4) is 11.5 Å². The number of aromatic nitrogens is 2. The van der Waals surface area contributed by atoms with Crippen molar-refractivity contribution in [3.05, 3.63) is 101 Å². The Hall–Kier alpha value is -4.65. The zero-order chi connectivity index (χ0) is 30.7. The molecule has 4 aromatic rings. The number of ketones is 1. The van der Waals surface area contributed by atoms with E-state index in [-0.39, 0.29) is 18.0 Å². The average Bonchev–Trinajstić information content (AvgIpc) is 3.32. The molecule has 0 aliphatic carbocycles. The molecule has 3 heterocycles. The molecule has 2 aromatic heterocycles. The second kappa shape index (κ2) is 12.3. The molecule has 8 nitrogen and oxygen atoms in total. The van der Waals surface area contributed by atoms with Crippen LogP contribution in [0.4, 0.5) is 27.8 Å². The van der Waals surface area contributed by atoms with Gasteiger partial charge in [-0.1, -0.05) is 30.3 Å². The van der Waals surface area contributed by atoms with Gasteiger partial charge in [0.15, 0.2) is 23.4 Å². The molecule has 0 saturated carbocycles. The summed E-state index contributed by atoms with van der Waals surface area (Å²) in [6.45, 7) is 1.38. The SMILES string of the molecule is O=C(Cc1ccc(N2CCCN(C(=O)[C@H](O)c3ccc(F)c(F)c3)CC2)nc1)c1oc(-c2ccccc2)nc1C(F)(F)F. The van der Waals surface area contributed by atoms with Gasteiger partial charge in [-0.25, -0.2) is 18.7 Å². The van der Waals surface area contributed by atoms with Gasteiger partial charge in [0.2, 0.25) is 17.4 Å². The Morgan fingerprint density at radius 2 is 1.72 bits per heavy atom. The fourth-order valence-corrected chi connectivity index (χ4v) is 4.74. The number of hydrogen-bond donors (Lipinski definition) is 1. The van der Waals surface area contributed by atoms with E-state index in [0.717, 1.165) is 18.2 Å². The second-order valence-electron chi connectivity index (χ2n) is 9.93. The summed E-state index contributed by atoms with van der Waals surface area (Å²) in [5, 5.41) is 10.4. The van der Waals surface area contributed by atoms with E-state index in [4.69, 9.17) is 4.42 Å². The molecule has 1 saturated heterocycles. The third-order valence-corrected chi connectivity index (χ3v) is 6.97. The molecule has 1 aliphatic heterocycles. The molecule has 13 heteroatoms. The Bertz CT molecular complexity index is 1610. The molecular formula is C30H25F5N4O4. The maximum Gasteiger partial charge on any atom is 0.437 e. The lowest BCUT2D eigenvalue weighted by Gasteiger charge is -2.25. The summed E-state index contributed by atoms with van der Waals surface area (Å²) in [6.07, 6.45) is -5.04. The number of halogens is 5. The summed E-state index contributed by atoms with van der Waals surface area (Å²) < 4.78 is 73.0. The molecule has 5 rings (SSSR count). The van der Waals surface area contributed by atoms with Gasteiger partial charge in [-0.05, 0) is 47.9 Å². The van der Waals surface area contributed by atoms with Gasteiger partial charge in [0.05, 0.1) is 0 Å². The Kier molecular flexibility index (Phi) is 8.53. The van der Waals surface area contributed by atoms with Gasteiger partial charge in [-0.2, -0.15) is 13.2 Å². The van der Waals surface area contributed by atoms with Crippen molar-refractivity contribution in [1.29, 1.82) is 0 Å². The number of nitrogens with zero attached hydrogens (tertiary/aromatic N) is 4. The number of aliphatic hydroxyl groups excluding tert-OH is 1. The highest BCUT2D eigenvalue weighted by Gasteiger charge is 2.41. The summed E-state index contributed by atoms with van der Waals surface area (Å²) in [6, 6.07) is 13.9. The summed E-state index contributed by atoms with van der Waals surface area (Å²) in [7, 11) is 0. The molecule has 1 atom stereocenters. The van der Waals surface area contributed by atoms with Crippen LogP contribution in [0.25, 0.3) is 11.5 Å². The predicted molar refractivity (Wildman–Crippen MR) is 144 cm³/mol. The van der Waals surface area contributed by atoms with Crippen molar-refractivity contribution in [1.82, 2.24) is 14.9 Å². The van der Waals surface area contributed by atoms with Gasteiger partial charge in [-0.15, -0.1) is 0 Å². The van der Waals surface area contributed by atoms with Crippen molar-refractivity contribution in [2.24, 2.45) is 0 Å². The van der Waals surface area contributed by atoms with Crippen LogP contribution in [0.2, 0.25) is 0 Å². The maximum absolute atomic E-state index is 13.6. The van der Waals surface area contributed by atoms with Crippen molar-refractivity contribution in [2.75, 3.05) is 31.1 Å². The first-order valence-electron chi connectivity index (χ1n) is 13.3. The van der Waals surface area contributed by atoms with Crippen LogP contribution in [0.1, 0.15) is 39.9 Å². The molecule has 0 radical (unpaired) electrons. The summed E-state index contributed by atoms with van der Waals surface area (Å²) in [5.41, 5.74) is -0.782. The number of carbonyl (C=O) groups excluding carboxylic acids is 2. The van der Waals surface area contributed by atoms with Gasteiger partial charge < -0.3 is 19.3 Å². The van der Waals surface area contributed by atoms with Crippen molar-refractivity contribution in [3.63, 3.8) is 0 Å². The van der Waals surface area contributed by atoms with Gasteiger partial charge in [0.1, 0.15) is 5.82 Å². The standard InChI is InChI=1S/C30H25F5N4O4/c31-21-9-8-20(16-22(21)32)25(41)29(42)39-12-4-11-38(13-14-39)24-10-7-18(17-36-24)15-23(40)26-27(30(33,34)35)37-28(43-26)19-5-2-1-3-6-19/h1-3,5-10,16-17,25,41H,4,11-15H2/t25-/m1/s1. The van der Waals surface area contributed by atoms with Crippen LogP contribution in [-0.2, 0) is 17.4 Å². The number of rotatable bonds is 7. The molecule has 1 aliphatic rings. The van der Waals surface area contributed by atoms with Crippen molar-refractivity contribution >= 4 is 17.5 Å². The van der Waals surface area contributed by atoms with E-state index in [1.807, 2.05) is 4.90 Å². The Balaban J connectivity index is 1.23. The number of alkyl halides is 3. The number of Topliss-reactive ketones (excluding diaryl/α,β-unsaturated/α-hetero) is 1. The molecule has 1 fully saturated rings. The van der Waals surface area contributed by atoms with Crippen LogP contribution in [0.15, 0.2) is 71.3 Å². The van der Waals surface area contributed by atoms with E-state index in [9.17, 15) is 36.6 Å². The number of benzene rings is 2. The Morgan fingerprint density at radius 1 is 0.953 bits per heavy atom. The minimum absolute atomic E-state index is 0.0548. The zero-order valence-corrected chi connectivity index (χ0v) is 22.5. The minimum atomic E-state index is -4.89. The van der Waals surface area contributed by atoms with Gasteiger partial charge >= 0.3 is 6.18 Å². The van der Waals surface area contributed by atoms with Crippen LogP contribution >= 0.6 is 0 Å². The number of pyridine rings is 1. The fourth-order valence-electron chi connectivity index (χ4n) is 4.74. The largest absolute Gasteiger partial charge is 0.437 e. The van der Waals surface area contributed by atoms with E-state index in [1.54, 1.807) is 30.3 Å². The van der Waals surface area contributed by atoms with E-state index in [0.29, 0.717) is 43.0 Å². The third kappa shape index (κ3) is 6.72. The van der Waals surface area contributed by atoms with Gasteiger partial charge in [0, 0.05) is 44.4 Å². The lowest BCUT2D eigenvalue weighted by Crippen LogP contribution is -2.38. The topological polar surface area (TPSA) is 99.8 Å². The molecule has 1 N–H and O–H groups in total. The van der Waals surface area contributed by atoms with Crippen LogP contribution < -0.4 is 4.90 Å². The van der Waals surface area contributed by atoms with Gasteiger partial charge in [-0.3, -0.25) is 9.59 Å². The fraction of sp³-hybridized carbons (Fsp3) is 0.267. The van der Waals surface area contributed by atoms with E-state index >= 15 is 0 Å². The van der Waals surface area contributed by atoms with E-state index in [2.05, 4.69) is 9.97 Å². The van der Waals surface area contributed by atoms with Crippen molar-refractivity contribution in [2.45, 2.75) is 25.1 Å². The quantitative estimate of drug-likeness (QED) is 0.229. The highest BCUT2D eigenvalue weighted by Crippen LogP contribution is 2.35. The molecule has 43 heavy (non-hydrogen) atoms. The van der Waals surface area contributed by atoms with Crippen LogP contribution in [0.3, 0.4) is 0 Å². The zero-order valence-electron chi connectivity index (χ0n) is 22.5. The summed E-state index contributed by atoms with van der Waals surface area (Å²) in [4.78, 5) is 36.9. The van der Waals surface area contributed by atoms with Crippen LogP contribution in [0.5, 0.6) is 0 Å². The number of amides is 1. The lowest BCUT2D eigenvalue weighted by atomic mass is 10.1. The monoisotopic (exact) mass is 600 g/mol. The normalized spacial score (nSPS) is 14.8. The van der Waals surface area contributed by atoms with Crippen molar-refractivity contribution < 1.29 is 41.1 Å². The molecule has 0 bridgehead atoms. The molecule has 1 amide bonds. The average molecular weight is 601 g/mol. The van der Waals surface area contributed by atoms with Gasteiger partial charge in [0.25, 0.3) is 5.91 Å². The summed E-state index contributed by atoms with van der Waals surface area (Å²) >= 11 is 0. The van der Waals surface area contributed by atoms with Crippen LogP contribution in [-0.4, -0.2) is 57.8 Å². The number of anilines is 1. The smallest absolute Gasteiger partial charge is 0.432 e. The third-order valence-electron chi connectivity index (χ3n) is 6.97. The lowest BCUT2D eigenvalue weighted by molar-refractivity contribution is -0.141. The highest BCUT2D eigenvalue weighted by molar-refractivity contribution is 5.96. The number of aliphatic hydroxyl groups is 1. The minimum Gasteiger partial charge on any atom is -0.432 e. The number of oxazole rings is 1. The van der Waals surface area contributed by atoms with Crippen LogP contribution in [0, 0.1) is 11.6 Å². The van der Waals surface area contributed by atoms with E-state index < -0.39 is 53.5 Å². The second-order valence-corrected chi connectivity index (χ2v) is 9.93. The first-order chi connectivity index (χ1) is 20.5. The number of carbonyl (C=O) groups is 2. The Labute approximate surface area is 242 Å². The first-order valence-corrected chi connectivity index (χ1v) is 13.3. The summed E-state index contributed by atoms with van der Waals surface area (Å²) in [5.74, 6) is -4.46. The Morgan fingerprint density at radius 3 is 2.40 bits per heavy atom. The molecule has 2 aromatic carbocycles. The number of hydrogen-bond acceptors (Lipinski definition) is 7. The first kappa shape index (κ1) is 29.8.